The molecule has 2 heterocycles. The van der Waals surface area contributed by atoms with Crippen molar-refractivity contribution >= 4 is 46.1 Å². The molecule has 1 N–H and O–H groups in total. The average molecular weight is 531 g/mol. The normalized spacial score (nSPS) is 16.4. The van der Waals surface area contributed by atoms with E-state index in [0.717, 1.165) is 49.5 Å². The van der Waals surface area contributed by atoms with Crippen LogP contribution in [-0.2, 0) is 6.54 Å². The minimum absolute atomic E-state index is 0.0462. The van der Waals surface area contributed by atoms with Gasteiger partial charge in [0.15, 0.2) is 0 Å². The Morgan fingerprint density at radius 2 is 1.76 bits per heavy atom. The first-order valence-electron chi connectivity index (χ1n) is 13.1. The molecule has 1 aliphatic heterocycles. The van der Waals surface area contributed by atoms with Gasteiger partial charge in [-0.2, -0.15) is 0 Å². The summed E-state index contributed by atoms with van der Waals surface area (Å²) in [5, 5.41) is 5.52. The maximum absolute atomic E-state index is 13.8. The van der Waals surface area contributed by atoms with Crippen molar-refractivity contribution in [1.82, 2.24) is 4.90 Å². The number of carbonyl (C=O) groups is 1. The Balaban J connectivity index is 1.61. The smallest absolute Gasteiger partial charge is 0.205 e. The second-order valence-electron chi connectivity index (χ2n) is 11.3. The molecule has 0 saturated carbocycles. The highest BCUT2D eigenvalue weighted by Crippen LogP contribution is 2.30. The molecule has 1 aromatic heterocycles. The number of hydrogen-bond donors (Lipinski definition) is 1. The molecular weight excluding hydrogens is 496 g/mol. The van der Waals surface area contributed by atoms with Crippen LogP contribution in [0.3, 0.4) is 0 Å². The van der Waals surface area contributed by atoms with Crippen molar-refractivity contribution in [3.8, 4) is 0 Å². The molecular formula is C32H35ClN2OS. The molecule has 0 spiro atoms. The van der Waals surface area contributed by atoms with Crippen LogP contribution in [0.2, 0.25) is 5.02 Å². The van der Waals surface area contributed by atoms with E-state index in [9.17, 15) is 4.79 Å². The number of thiophene rings is 1. The lowest BCUT2D eigenvalue weighted by atomic mass is 9.91. The molecule has 3 nitrogen and oxygen atoms in total. The lowest BCUT2D eigenvalue weighted by molar-refractivity contribution is 0.104. The van der Waals surface area contributed by atoms with Crippen molar-refractivity contribution in [3.63, 3.8) is 0 Å². The van der Waals surface area contributed by atoms with Gasteiger partial charge in [-0.3, -0.25) is 9.69 Å². The van der Waals surface area contributed by atoms with E-state index in [1.54, 1.807) is 29.0 Å². The maximum Gasteiger partial charge on any atom is 0.205 e. The highest BCUT2D eigenvalue weighted by molar-refractivity contribution is 7.13. The second-order valence-corrected chi connectivity index (χ2v) is 12.7. The quantitative estimate of drug-likeness (QED) is 0.368. The summed E-state index contributed by atoms with van der Waals surface area (Å²) in [7, 11) is 0. The van der Waals surface area contributed by atoms with Gasteiger partial charge in [0.05, 0.1) is 10.6 Å². The Morgan fingerprint density at radius 1 is 1.03 bits per heavy atom. The summed E-state index contributed by atoms with van der Waals surface area (Å²) < 4.78 is 1.23. The Kier molecular flexibility index (Phi) is 7.44. The molecule has 37 heavy (non-hydrogen) atoms. The SMILES string of the molecule is CC1=c2sc(C(=O)c3ccc(Cl)cc3)c(NC(C)(C)C)c2=CC2=C(CC1)CCN(Cc1ccccc1)C2. The summed E-state index contributed by atoms with van der Waals surface area (Å²) >= 11 is 7.74. The average Bonchev–Trinajstić information content (AvgIpc) is 3.19. The van der Waals surface area contributed by atoms with Crippen LogP contribution in [0.5, 0.6) is 0 Å². The van der Waals surface area contributed by atoms with Crippen LogP contribution in [0.1, 0.15) is 67.8 Å². The summed E-state index contributed by atoms with van der Waals surface area (Å²) in [5.41, 5.74) is 7.13. The maximum atomic E-state index is 13.8. The number of anilines is 1. The minimum Gasteiger partial charge on any atom is -0.379 e. The predicted molar refractivity (Wildman–Crippen MR) is 158 cm³/mol. The van der Waals surface area contributed by atoms with Crippen molar-refractivity contribution in [3.05, 3.63) is 96.5 Å². The van der Waals surface area contributed by atoms with Crippen LogP contribution < -0.4 is 15.1 Å². The summed E-state index contributed by atoms with van der Waals surface area (Å²) in [6, 6.07) is 18.0. The third kappa shape index (κ3) is 5.93. The van der Waals surface area contributed by atoms with Crippen LogP contribution >= 0.6 is 22.9 Å². The lowest BCUT2D eigenvalue weighted by Gasteiger charge is -2.31. The number of hydrogen-bond acceptors (Lipinski definition) is 4. The van der Waals surface area contributed by atoms with Crippen LogP contribution in [0.25, 0.3) is 11.6 Å². The number of fused-ring (bicyclic) bond motifs is 1. The predicted octanol–water partition coefficient (Wildman–Crippen LogP) is 6.79. The third-order valence-electron chi connectivity index (χ3n) is 7.09. The van der Waals surface area contributed by atoms with Gasteiger partial charge in [0, 0.05) is 45.5 Å². The topological polar surface area (TPSA) is 32.3 Å². The van der Waals surface area contributed by atoms with E-state index in [0.29, 0.717) is 10.6 Å². The van der Waals surface area contributed by atoms with E-state index in [4.69, 9.17) is 11.6 Å². The van der Waals surface area contributed by atoms with Gasteiger partial charge in [-0.05, 0) is 88.4 Å². The summed E-state index contributed by atoms with van der Waals surface area (Å²) in [5.74, 6) is 0.0462. The zero-order valence-electron chi connectivity index (χ0n) is 22.2. The Morgan fingerprint density at radius 3 is 2.46 bits per heavy atom. The highest BCUT2D eigenvalue weighted by atomic mass is 35.5. The van der Waals surface area contributed by atoms with Crippen molar-refractivity contribution in [2.24, 2.45) is 0 Å². The van der Waals surface area contributed by atoms with Gasteiger partial charge >= 0.3 is 0 Å². The molecule has 3 aromatic rings. The summed E-state index contributed by atoms with van der Waals surface area (Å²) in [4.78, 5) is 17.1. The Labute approximate surface area is 229 Å². The Bertz CT molecular complexity index is 1460. The highest BCUT2D eigenvalue weighted by Gasteiger charge is 2.25. The van der Waals surface area contributed by atoms with Crippen molar-refractivity contribution in [2.45, 2.75) is 59.0 Å². The zero-order valence-corrected chi connectivity index (χ0v) is 23.7. The molecule has 2 aliphatic rings. The van der Waals surface area contributed by atoms with E-state index in [1.165, 1.54) is 26.5 Å². The van der Waals surface area contributed by atoms with Gasteiger partial charge in [-0.1, -0.05) is 53.1 Å². The number of ketones is 1. The molecule has 0 bridgehead atoms. The van der Waals surface area contributed by atoms with E-state index in [-0.39, 0.29) is 11.3 Å². The molecule has 0 fully saturated rings. The number of carbonyl (C=O) groups excluding carboxylic acids is 1. The van der Waals surface area contributed by atoms with E-state index in [1.807, 2.05) is 12.1 Å². The number of halogens is 1. The fourth-order valence-electron chi connectivity index (χ4n) is 5.21. The standard InChI is InChI=1S/C32H35ClN2OS/c1-21-10-11-23-16-17-35(19-22-8-6-5-7-9-22)20-25(23)18-27-28(34-32(2,3)4)31(37-30(21)27)29(36)24-12-14-26(33)15-13-24/h5-9,12-15,18,34H,10-11,16-17,19-20H2,1-4H3. The van der Waals surface area contributed by atoms with Crippen LogP contribution in [0, 0.1) is 0 Å². The van der Waals surface area contributed by atoms with Crippen LogP contribution in [0.4, 0.5) is 5.69 Å². The van der Waals surface area contributed by atoms with E-state index < -0.39 is 0 Å². The van der Waals surface area contributed by atoms with Gasteiger partial charge in [0.25, 0.3) is 0 Å². The van der Waals surface area contributed by atoms with Gasteiger partial charge < -0.3 is 5.32 Å². The first kappa shape index (κ1) is 26.0. The lowest BCUT2D eigenvalue weighted by Crippen LogP contribution is -2.35. The Hall–Kier alpha value is -2.66. The van der Waals surface area contributed by atoms with Gasteiger partial charge in [0.1, 0.15) is 0 Å². The molecule has 0 unspecified atom stereocenters. The number of benzene rings is 2. The van der Waals surface area contributed by atoms with Crippen molar-refractivity contribution < 1.29 is 4.79 Å². The van der Waals surface area contributed by atoms with E-state index in [2.05, 4.69) is 74.3 Å². The van der Waals surface area contributed by atoms with Gasteiger partial charge in [0.2, 0.25) is 5.78 Å². The fraction of sp³-hybridized carbons (Fsp3) is 0.344. The second kappa shape index (κ2) is 10.6. The molecule has 0 radical (unpaired) electrons. The molecule has 0 saturated heterocycles. The first-order chi connectivity index (χ1) is 17.7. The molecule has 5 rings (SSSR count). The van der Waals surface area contributed by atoms with Crippen molar-refractivity contribution in [2.75, 3.05) is 18.4 Å². The number of nitrogens with zero attached hydrogens (tertiary/aromatic N) is 1. The largest absolute Gasteiger partial charge is 0.379 e. The molecule has 0 atom stereocenters. The molecule has 2 aromatic carbocycles. The van der Waals surface area contributed by atoms with Crippen LogP contribution in [-0.4, -0.2) is 29.3 Å². The minimum atomic E-state index is -0.183. The first-order valence-corrected chi connectivity index (χ1v) is 14.3. The molecule has 1 aliphatic carbocycles. The number of rotatable bonds is 5. The number of nitrogens with one attached hydrogen (secondary N) is 1. The third-order valence-corrected chi connectivity index (χ3v) is 8.71. The zero-order chi connectivity index (χ0) is 26.2. The molecule has 0 amide bonds. The monoisotopic (exact) mass is 530 g/mol. The molecule has 192 valence electrons. The molecule has 5 heteroatoms. The van der Waals surface area contributed by atoms with E-state index >= 15 is 0 Å². The van der Waals surface area contributed by atoms with Crippen LogP contribution in [0.15, 0.2) is 65.7 Å². The van der Waals surface area contributed by atoms with Gasteiger partial charge in [-0.25, -0.2) is 0 Å². The fourth-order valence-corrected chi connectivity index (χ4v) is 6.56. The summed E-state index contributed by atoms with van der Waals surface area (Å²) in [6.45, 7) is 11.7. The van der Waals surface area contributed by atoms with Gasteiger partial charge in [-0.15, -0.1) is 11.3 Å². The summed E-state index contributed by atoms with van der Waals surface area (Å²) in [6.07, 6.45) is 5.61. The van der Waals surface area contributed by atoms with Crippen molar-refractivity contribution in [1.29, 1.82) is 0 Å².